The van der Waals surface area contributed by atoms with Gasteiger partial charge in [-0.15, -0.1) is 0 Å². The van der Waals surface area contributed by atoms with E-state index >= 15 is 0 Å². The lowest BCUT2D eigenvalue weighted by atomic mass is 10.2. The highest BCUT2D eigenvalue weighted by Crippen LogP contribution is 2.17. The molecule has 1 N–H and O–H groups in total. The number of rotatable bonds is 4. The number of nitrogens with one attached hydrogen (secondary N) is 1. The van der Waals surface area contributed by atoms with Gasteiger partial charge in [-0.2, -0.15) is 0 Å². The Hall–Kier alpha value is -2.54. The summed E-state index contributed by atoms with van der Waals surface area (Å²) in [5.41, 5.74) is -0.628. The van der Waals surface area contributed by atoms with Crippen molar-refractivity contribution in [1.82, 2.24) is 4.98 Å². The predicted octanol–water partition coefficient (Wildman–Crippen LogP) is 2.81. The topological polar surface area (TPSA) is 68.3 Å². The highest BCUT2D eigenvalue weighted by molar-refractivity contribution is 6.32. The number of esters is 1. The molecule has 2 rings (SSSR count). The molecule has 0 spiro atoms. The molecule has 8 heteroatoms. The molecule has 0 radical (unpaired) electrons. The van der Waals surface area contributed by atoms with Gasteiger partial charge in [0.15, 0.2) is 11.8 Å². The van der Waals surface area contributed by atoms with E-state index in [1.807, 2.05) is 0 Å². The molecule has 0 aliphatic rings. The Balaban J connectivity index is 1.97. The van der Waals surface area contributed by atoms with Gasteiger partial charge in [-0.05, 0) is 24.3 Å². The molecule has 2 aromatic rings. The molecule has 0 saturated heterocycles. The van der Waals surface area contributed by atoms with Crippen molar-refractivity contribution in [2.75, 3.05) is 11.9 Å². The van der Waals surface area contributed by atoms with Gasteiger partial charge in [0.2, 0.25) is 0 Å². The van der Waals surface area contributed by atoms with Crippen molar-refractivity contribution in [3.05, 3.63) is 58.9 Å². The Morgan fingerprint density at radius 3 is 2.50 bits per heavy atom. The van der Waals surface area contributed by atoms with Crippen LogP contribution < -0.4 is 5.32 Å². The number of aromatic nitrogens is 1. The minimum Gasteiger partial charge on any atom is -0.452 e. The van der Waals surface area contributed by atoms with Crippen LogP contribution in [0.3, 0.4) is 0 Å². The molecule has 0 atom stereocenters. The summed E-state index contributed by atoms with van der Waals surface area (Å²) >= 11 is 5.74. The molecule has 1 aromatic carbocycles. The van der Waals surface area contributed by atoms with Gasteiger partial charge in [-0.3, -0.25) is 4.79 Å². The standard InChI is InChI=1S/C14H9ClF2N2O3/c15-13-10(5-2-6-18-13)19-11(20)7-22-14(21)12-8(16)3-1-4-9(12)17/h1-6H,7H2,(H,19,20). The summed E-state index contributed by atoms with van der Waals surface area (Å²) in [5.74, 6) is -4.13. The van der Waals surface area contributed by atoms with Crippen LogP contribution in [0.15, 0.2) is 36.5 Å². The number of hydrogen-bond acceptors (Lipinski definition) is 4. The molecule has 1 amide bonds. The number of benzene rings is 1. The Morgan fingerprint density at radius 1 is 1.18 bits per heavy atom. The summed E-state index contributed by atoms with van der Waals surface area (Å²) in [7, 11) is 0. The molecular weight excluding hydrogens is 318 g/mol. The van der Waals surface area contributed by atoms with Crippen LogP contribution >= 0.6 is 11.6 Å². The largest absolute Gasteiger partial charge is 0.452 e. The van der Waals surface area contributed by atoms with Crippen LogP contribution in [0.25, 0.3) is 0 Å². The maximum absolute atomic E-state index is 13.4. The van der Waals surface area contributed by atoms with Gasteiger partial charge in [-0.25, -0.2) is 18.6 Å². The third kappa shape index (κ3) is 3.76. The van der Waals surface area contributed by atoms with E-state index in [2.05, 4.69) is 15.0 Å². The number of hydrogen-bond donors (Lipinski definition) is 1. The molecule has 114 valence electrons. The maximum atomic E-state index is 13.4. The molecule has 0 unspecified atom stereocenters. The van der Waals surface area contributed by atoms with Gasteiger partial charge in [0.05, 0.1) is 5.69 Å². The summed E-state index contributed by atoms with van der Waals surface area (Å²) in [5, 5.41) is 2.41. The van der Waals surface area contributed by atoms with Crippen LogP contribution in [0.4, 0.5) is 14.5 Å². The third-order valence-electron chi connectivity index (χ3n) is 2.53. The first kappa shape index (κ1) is 15.8. The van der Waals surface area contributed by atoms with Gasteiger partial charge in [-0.1, -0.05) is 17.7 Å². The van der Waals surface area contributed by atoms with Crippen molar-refractivity contribution < 1.29 is 23.1 Å². The molecule has 5 nitrogen and oxygen atoms in total. The number of halogens is 3. The van der Waals surface area contributed by atoms with Gasteiger partial charge in [0.25, 0.3) is 5.91 Å². The van der Waals surface area contributed by atoms with Gasteiger partial charge in [0, 0.05) is 6.20 Å². The van der Waals surface area contributed by atoms with Crippen LogP contribution in [0.5, 0.6) is 0 Å². The molecule has 0 bridgehead atoms. The van der Waals surface area contributed by atoms with Crippen LogP contribution in [-0.2, 0) is 9.53 Å². The molecule has 0 aliphatic carbocycles. The predicted molar refractivity (Wildman–Crippen MR) is 74.5 cm³/mol. The van der Waals surface area contributed by atoms with Crippen molar-refractivity contribution in [2.24, 2.45) is 0 Å². The highest BCUT2D eigenvalue weighted by atomic mass is 35.5. The lowest BCUT2D eigenvalue weighted by molar-refractivity contribution is -0.119. The smallest absolute Gasteiger partial charge is 0.344 e. The molecule has 0 aliphatic heterocycles. The van der Waals surface area contributed by atoms with Crippen molar-refractivity contribution >= 4 is 29.2 Å². The van der Waals surface area contributed by atoms with Crippen LogP contribution in [0, 0.1) is 11.6 Å². The van der Waals surface area contributed by atoms with E-state index in [0.717, 1.165) is 18.2 Å². The highest BCUT2D eigenvalue weighted by Gasteiger charge is 2.19. The van der Waals surface area contributed by atoms with Crippen molar-refractivity contribution in [3.8, 4) is 0 Å². The molecule has 22 heavy (non-hydrogen) atoms. The number of carbonyl (C=O) groups excluding carboxylic acids is 2. The molecule has 0 fully saturated rings. The summed E-state index contributed by atoms with van der Waals surface area (Å²) in [4.78, 5) is 26.9. The number of pyridine rings is 1. The van der Waals surface area contributed by atoms with E-state index in [0.29, 0.717) is 0 Å². The number of carbonyl (C=O) groups is 2. The SMILES string of the molecule is O=C(COC(=O)c1c(F)cccc1F)Nc1cccnc1Cl. The fourth-order valence-corrected chi connectivity index (χ4v) is 1.73. The average molecular weight is 327 g/mol. The first-order valence-electron chi connectivity index (χ1n) is 6.00. The Labute approximate surface area is 128 Å². The summed E-state index contributed by atoms with van der Waals surface area (Å²) in [6, 6.07) is 5.97. The summed E-state index contributed by atoms with van der Waals surface area (Å²) in [6.45, 7) is -0.724. The lowest BCUT2D eigenvalue weighted by Gasteiger charge is -2.08. The summed E-state index contributed by atoms with van der Waals surface area (Å²) in [6.07, 6.45) is 1.43. The van der Waals surface area contributed by atoms with Crippen molar-refractivity contribution in [2.45, 2.75) is 0 Å². The molecule has 0 saturated carbocycles. The van der Waals surface area contributed by atoms with E-state index in [1.54, 1.807) is 6.07 Å². The number of nitrogens with zero attached hydrogens (tertiary/aromatic N) is 1. The lowest BCUT2D eigenvalue weighted by Crippen LogP contribution is -2.22. The zero-order valence-corrected chi connectivity index (χ0v) is 11.7. The first-order valence-corrected chi connectivity index (χ1v) is 6.38. The number of anilines is 1. The second-order valence-corrected chi connectivity index (χ2v) is 4.42. The fraction of sp³-hybridized carbons (Fsp3) is 0.0714. The minimum absolute atomic E-state index is 0.0577. The van der Waals surface area contributed by atoms with Crippen molar-refractivity contribution in [1.29, 1.82) is 0 Å². The van der Waals surface area contributed by atoms with Crippen molar-refractivity contribution in [3.63, 3.8) is 0 Å². The summed E-state index contributed by atoms with van der Waals surface area (Å²) < 4.78 is 31.3. The van der Waals surface area contributed by atoms with E-state index in [9.17, 15) is 18.4 Å². The average Bonchev–Trinajstić information content (AvgIpc) is 2.47. The van der Waals surface area contributed by atoms with Crippen LogP contribution in [0.1, 0.15) is 10.4 Å². The Bertz CT molecular complexity index is 705. The Morgan fingerprint density at radius 2 is 1.86 bits per heavy atom. The maximum Gasteiger partial charge on any atom is 0.344 e. The molecule has 1 heterocycles. The minimum atomic E-state index is -1.27. The molecular formula is C14H9ClF2N2O3. The number of ether oxygens (including phenoxy) is 1. The number of amides is 1. The van der Waals surface area contributed by atoms with Gasteiger partial charge in [0.1, 0.15) is 17.2 Å². The van der Waals surface area contributed by atoms with E-state index in [1.165, 1.54) is 12.3 Å². The van der Waals surface area contributed by atoms with Gasteiger partial charge < -0.3 is 10.1 Å². The molecule has 1 aromatic heterocycles. The van der Waals surface area contributed by atoms with E-state index < -0.39 is 35.7 Å². The quantitative estimate of drug-likeness (QED) is 0.693. The van der Waals surface area contributed by atoms with E-state index in [4.69, 9.17) is 11.6 Å². The second kappa shape index (κ2) is 6.95. The van der Waals surface area contributed by atoms with Crippen LogP contribution in [0.2, 0.25) is 5.15 Å². The Kier molecular flexibility index (Phi) is 5.00. The van der Waals surface area contributed by atoms with Crippen LogP contribution in [-0.4, -0.2) is 23.5 Å². The first-order chi connectivity index (χ1) is 10.5. The normalized spacial score (nSPS) is 10.1. The second-order valence-electron chi connectivity index (χ2n) is 4.06. The monoisotopic (exact) mass is 326 g/mol. The zero-order valence-electron chi connectivity index (χ0n) is 11.0. The zero-order chi connectivity index (χ0) is 16.1. The van der Waals surface area contributed by atoms with Gasteiger partial charge >= 0.3 is 5.97 Å². The fourth-order valence-electron chi connectivity index (χ4n) is 1.56. The van der Waals surface area contributed by atoms with E-state index in [-0.39, 0.29) is 10.8 Å². The third-order valence-corrected chi connectivity index (χ3v) is 2.84.